The van der Waals surface area contributed by atoms with Crippen molar-refractivity contribution in [2.75, 3.05) is 26.2 Å². The molecule has 27 heavy (non-hydrogen) atoms. The molecule has 3 heterocycles. The molecule has 0 radical (unpaired) electrons. The smallest absolute Gasteiger partial charge is 0.416 e. The Bertz CT molecular complexity index is 751. The Morgan fingerprint density at radius 3 is 2.48 bits per heavy atom. The van der Waals surface area contributed by atoms with Crippen LogP contribution in [-0.2, 0) is 12.7 Å². The lowest BCUT2D eigenvalue weighted by Gasteiger charge is -2.27. The lowest BCUT2D eigenvalue weighted by molar-refractivity contribution is -0.137. The Balaban J connectivity index is 1.40. The molecule has 2 aliphatic heterocycles. The average Bonchev–Trinajstić information content (AvgIpc) is 3.39. The molecule has 1 aromatic heterocycles. The average molecular weight is 379 g/mol. The van der Waals surface area contributed by atoms with E-state index >= 15 is 0 Å². The third-order valence-corrected chi connectivity index (χ3v) is 5.54. The summed E-state index contributed by atoms with van der Waals surface area (Å²) in [6.07, 6.45) is 2.29. The molecule has 2 aliphatic rings. The molecule has 7 heteroatoms. The van der Waals surface area contributed by atoms with Gasteiger partial charge >= 0.3 is 6.18 Å². The van der Waals surface area contributed by atoms with Crippen LogP contribution in [0.2, 0.25) is 0 Å². The Kier molecular flexibility index (Phi) is 5.23. The summed E-state index contributed by atoms with van der Waals surface area (Å²) < 4.78 is 43.6. The first-order chi connectivity index (χ1) is 13.0. The van der Waals surface area contributed by atoms with Crippen LogP contribution in [0.1, 0.15) is 36.9 Å². The fourth-order valence-electron chi connectivity index (χ4n) is 4.10. The maximum atomic E-state index is 12.7. The van der Waals surface area contributed by atoms with E-state index in [1.807, 2.05) is 0 Å². The van der Waals surface area contributed by atoms with E-state index < -0.39 is 11.7 Å². The lowest BCUT2D eigenvalue weighted by atomic mass is 10.1. The van der Waals surface area contributed by atoms with Crippen molar-refractivity contribution in [1.29, 1.82) is 0 Å². The van der Waals surface area contributed by atoms with Crippen molar-refractivity contribution in [1.82, 2.24) is 14.8 Å². The summed E-state index contributed by atoms with van der Waals surface area (Å²) >= 11 is 0. The quantitative estimate of drug-likeness (QED) is 0.770. The predicted octanol–water partition coefficient (Wildman–Crippen LogP) is 4.42. The summed E-state index contributed by atoms with van der Waals surface area (Å²) in [6.45, 7) is 5.30. The Hall–Kier alpha value is -1.86. The normalized spacial score (nSPS) is 22.0. The van der Waals surface area contributed by atoms with Crippen LogP contribution in [0, 0.1) is 0 Å². The molecule has 0 amide bonds. The largest absolute Gasteiger partial charge is 0.444 e. The van der Waals surface area contributed by atoms with E-state index in [2.05, 4.69) is 14.8 Å². The van der Waals surface area contributed by atoms with Crippen LogP contribution in [0.4, 0.5) is 13.2 Å². The zero-order valence-electron chi connectivity index (χ0n) is 15.2. The van der Waals surface area contributed by atoms with E-state index in [0.717, 1.165) is 37.5 Å². The number of benzene rings is 1. The topological polar surface area (TPSA) is 32.5 Å². The zero-order chi connectivity index (χ0) is 18.9. The van der Waals surface area contributed by atoms with Crippen LogP contribution in [0.5, 0.6) is 0 Å². The molecule has 0 aliphatic carbocycles. The van der Waals surface area contributed by atoms with Crippen LogP contribution in [0.25, 0.3) is 11.5 Å². The summed E-state index contributed by atoms with van der Waals surface area (Å²) in [6, 6.07) is 5.49. The van der Waals surface area contributed by atoms with Crippen molar-refractivity contribution in [3.63, 3.8) is 0 Å². The monoisotopic (exact) mass is 379 g/mol. The molecule has 4 nitrogen and oxygen atoms in total. The molecule has 0 N–H and O–H groups in total. The number of likely N-dealkylation sites (tertiary alicyclic amines) is 2. The molecule has 146 valence electrons. The minimum Gasteiger partial charge on any atom is -0.444 e. The SMILES string of the molecule is FC(F)(F)c1ccc(-c2nc(CN3CCC[C@H]3CN3CCCC3)co2)cc1. The summed E-state index contributed by atoms with van der Waals surface area (Å²) in [5.41, 5.74) is 0.724. The molecule has 0 bridgehead atoms. The number of hydrogen-bond donors (Lipinski definition) is 0. The Morgan fingerprint density at radius 2 is 1.78 bits per heavy atom. The second kappa shape index (κ2) is 7.64. The summed E-state index contributed by atoms with van der Waals surface area (Å²) in [5, 5.41) is 0. The third kappa shape index (κ3) is 4.35. The molecular weight excluding hydrogens is 355 g/mol. The highest BCUT2D eigenvalue weighted by atomic mass is 19.4. The number of oxazole rings is 1. The summed E-state index contributed by atoms with van der Waals surface area (Å²) in [5.74, 6) is 0.369. The molecule has 1 aromatic carbocycles. The van der Waals surface area contributed by atoms with Gasteiger partial charge in [-0.05, 0) is 69.6 Å². The second-order valence-electron chi connectivity index (χ2n) is 7.49. The zero-order valence-corrected chi connectivity index (χ0v) is 15.2. The van der Waals surface area contributed by atoms with E-state index in [4.69, 9.17) is 4.42 Å². The van der Waals surface area contributed by atoms with E-state index in [0.29, 0.717) is 17.5 Å². The van der Waals surface area contributed by atoms with Crippen molar-refractivity contribution < 1.29 is 17.6 Å². The second-order valence-corrected chi connectivity index (χ2v) is 7.49. The number of alkyl halides is 3. The number of nitrogens with zero attached hydrogens (tertiary/aromatic N) is 3. The molecule has 2 saturated heterocycles. The maximum Gasteiger partial charge on any atom is 0.416 e. The van der Waals surface area contributed by atoms with Gasteiger partial charge in [0.25, 0.3) is 0 Å². The number of aromatic nitrogens is 1. The third-order valence-electron chi connectivity index (χ3n) is 5.54. The number of halogens is 3. The van der Waals surface area contributed by atoms with Crippen molar-refractivity contribution in [3.05, 3.63) is 41.8 Å². The van der Waals surface area contributed by atoms with Gasteiger partial charge in [-0.2, -0.15) is 13.2 Å². The molecule has 0 unspecified atom stereocenters. The minimum atomic E-state index is -4.33. The molecular formula is C20H24F3N3O. The van der Waals surface area contributed by atoms with Gasteiger partial charge in [0.2, 0.25) is 5.89 Å². The van der Waals surface area contributed by atoms with Crippen molar-refractivity contribution in [2.45, 2.75) is 44.4 Å². The van der Waals surface area contributed by atoms with Crippen LogP contribution in [0.15, 0.2) is 34.9 Å². The van der Waals surface area contributed by atoms with Gasteiger partial charge in [0, 0.05) is 24.7 Å². The van der Waals surface area contributed by atoms with Crippen molar-refractivity contribution in [3.8, 4) is 11.5 Å². The first-order valence-electron chi connectivity index (χ1n) is 9.57. The van der Waals surface area contributed by atoms with Gasteiger partial charge in [-0.3, -0.25) is 4.90 Å². The highest BCUT2D eigenvalue weighted by Gasteiger charge is 2.30. The Labute approximate surface area is 157 Å². The van der Waals surface area contributed by atoms with E-state index in [1.165, 1.54) is 50.9 Å². The molecule has 1 atom stereocenters. The van der Waals surface area contributed by atoms with Gasteiger partial charge in [-0.1, -0.05) is 0 Å². The highest BCUT2D eigenvalue weighted by Crippen LogP contribution is 2.31. The van der Waals surface area contributed by atoms with Crippen LogP contribution >= 0.6 is 0 Å². The Morgan fingerprint density at radius 1 is 1.04 bits per heavy atom. The molecule has 2 fully saturated rings. The number of rotatable bonds is 5. The van der Waals surface area contributed by atoms with Gasteiger partial charge in [-0.25, -0.2) is 4.98 Å². The van der Waals surface area contributed by atoms with Crippen LogP contribution in [0.3, 0.4) is 0 Å². The fourth-order valence-corrected chi connectivity index (χ4v) is 4.10. The van der Waals surface area contributed by atoms with Crippen LogP contribution in [-0.4, -0.2) is 47.0 Å². The van der Waals surface area contributed by atoms with Gasteiger partial charge in [0.05, 0.1) is 11.3 Å². The van der Waals surface area contributed by atoms with Crippen molar-refractivity contribution in [2.24, 2.45) is 0 Å². The van der Waals surface area contributed by atoms with E-state index in [1.54, 1.807) is 6.26 Å². The summed E-state index contributed by atoms with van der Waals surface area (Å²) in [7, 11) is 0. The van der Waals surface area contributed by atoms with Crippen molar-refractivity contribution >= 4 is 0 Å². The standard InChI is InChI=1S/C20H24F3N3O/c21-20(22,23)16-7-5-15(6-8-16)19-24-17(14-27-19)12-26-11-3-4-18(26)13-25-9-1-2-10-25/h5-8,14,18H,1-4,9-13H2/t18-/m0/s1. The molecule has 4 rings (SSSR count). The maximum absolute atomic E-state index is 12.7. The summed E-state index contributed by atoms with van der Waals surface area (Å²) in [4.78, 5) is 9.49. The highest BCUT2D eigenvalue weighted by molar-refractivity contribution is 5.54. The molecule has 0 spiro atoms. The molecule has 2 aromatic rings. The van der Waals surface area contributed by atoms with E-state index in [9.17, 15) is 13.2 Å². The fraction of sp³-hybridized carbons (Fsp3) is 0.550. The van der Waals surface area contributed by atoms with Gasteiger partial charge < -0.3 is 9.32 Å². The van der Waals surface area contributed by atoms with Gasteiger partial charge in [0.1, 0.15) is 6.26 Å². The first kappa shape index (κ1) is 18.5. The first-order valence-corrected chi connectivity index (χ1v) is 9.57. The van der Waals surface area contributed by atoms with Crippen LogP contribution < -0.4 is 0 Å². The number of hydrogen-bond acceptors (Lipinski definition) is 4. The molecule has 0 saturated carbocycles. The lowest BCUT2D eigenvalue weighted by Crippen LogP contribution is -2.38. The minimum absolute atomic E-state index is 0.369. The predicted molar refractivity (Wildman–Crippen MR) is 96.0 cm³/mol. The van der Waals surface area contributed by atoms with Gasteiger partial charge in [0.15, 0.2) is 0 Å². The van der Waals surface area contributed by atoms with E-state index in [-0.39, 0.29) is 0 Å². The van der Waals surface area contributed by atoms with Gasteiger partial charge in [-0.15, -0.1) is 0 Å².